The van der Waals surface area contributed by atoms with Crippen molar-refractivity contribution in [2.24, 2.45) is 48.2 Å². The van der Waals surface area contributed by atoms with E-state index in [4.69, 9.17) is 24.7 Å². The minimum Gasteiger partial charge on any atom is -0.201 e. The van der Waals surface area contributed by atoms with E-state index in [1.807, 2.05) is 123 Å². The molecule has 0 aliphatic heterocycles. The average Bonchev–Trinajstić information content (AvgIpc) is 0.776. The summed E-state index contributed by atoms with van der Waals surface area (Å²) < 4.78 is 151. The van der Waals surface area contributed by atoms with E-state index >= 15 is 0 Å². The number of nitrogens with zero attached hydrogens (tertiary/aromatic N) is 6. The summed E-state index contributed by atoms with van der Waals surface area (Å²) in [6, 6.07) is 66.9. The first-order chi connectivity index (χ1) is 55.6. The Morgan fingerprint density at radius 2 is 0.667 bits per heavy atom. The third-order valence-electron chi connectivity index (χ3n) is 18.4. The molecule has 528 valence electrons. The third-order valence-corrected chi connectivity index (χ3v) is 18.4. The summed E-state index contributed by atoms with van der Waals surface area (Å²) in [5.41, 5.74) is 27.6. The summed E-state index contributed by atoms with van der Waals surface area (Å²) in [5.74, 6) is -5.63. The largest absolute Gasteiger partial charge is 0.212 e. The number of aryl methyl sites for hydroxylation is 17. The second-order valence-electron chi connectivity index (χ2n) is 27.3. The molecule has 0 spiro atoms. The van der Waals surface area contributed by atoms with Crippen LogP contribution < -0.4 is 27.4 Å². The third kappa shape index (κ3) is 21.4. The monoisotopic (exact) mass is 1380 g/mol. The minimum atomic E-state index is -2.91. The molecule has 6 heteroatoms. The summed E-state index contributed by atoms with van der Waals surface area (Å²) in [6.45, 7) is 14.5. The van der Waals surface area contributed by atoms with Gasteiger partial charge in [-0.1, -0.05) is 157 Å². The van der Waals surface area contributed by atoms with E-state index in [0.29, 0.717) is 22.7 Å². The number of hydrogen-bond donors (Lipinski definition) is 0. The Labute approximate surface area is 641 Å². The highest BCUT2D eigenvalue weighted by molar-refractivity contribution is 5.66. The molecule has 6 heterocycles. The molecule has 0 N–H and O–H groups in total. The molecular formula is C96H120N6+6. The van der Waals surface area contributed by atoms with Crippen molar-refractivity contribution in [3.8, 4) is 67.5 Å². The Bertz CT molecular complexity index is 5450. The van der Waals surface area contributed by atoms with Gasteiger partial charge in [0.2, 0.25) is 34.2 Å². The summed E-state index contributed by atoms with van der Waals surface area (Å²) >= 11 is 0. The highest BCUT2D eigenvalue weighted by atomic mass is 14.9. The van der Waals surface area contributed by atoms with Crippen LogP contribution in [-0.4, -0.2) is 0 Å². The van der Waals surface area contributed by atoms with E-state index in [0.717, 1.165) is 50.3 Å². The first-order valence-electron chi connectivity index (χ1n) is 43.9. The van der Waals surface area contributed by atoms with Crippen LogP contribution in [0.25, 0.3) is 67.5 Å². The lowest BCUT2D eigenvalue weighted by Gasteiger charge is -2.11. The van der Waals surface area contributed by atoms with Crippen molar-refractivity contribution in [1.29, 1.82) is 0 Å². The van der Waals surface area contributed by atoms with Crippen LogP contribution in [0.15, 0.2) is 237 Å². The van der Waals surface area contributed by atoms with Gasteiger partial charge in [-0.15, -0.1) is 0 Å². The fourth-order valence-corrected chi connectivity index (χ4v) is 12.6. The van der Waals surface area contributed by atoms with Crippen LogP contribution in [0.4, 0.5) is 0 Å². The van der Waals surface area contributed by atoms with Gasteiger partial charge in [-0.05, 0) is 216 Å². The van der Waals surface area contributed by atoms with Gasteiger partial charge >= 0.3 is 0 Å². The summed E-state index contributed by atoms with van der Waals surface area (Å²) in [5, 5.41) is 0. The van der Waals surface area contributed by atoms with E-state index in [9.17, 15) is 0 Å². The van der Waals surface area contributed by atoms with E-state index in [-0.39, 0.29) is 17.5 Å². The molecule has 0 radical (unpaired) electrons. The standard InChI is InChI=1S/4C17H22N.2C14H16N/c1-12(2)16-10-17(18(5)11-14(16)4)15-9-7-6-8-13(15)3;2*1-12(2)16-11-18(5)17(10-14(16)4)15-9-7-6-8-13(15)3;1-13(2)11-15-8-9-16(14(3)12-15)17-7-5-6-10-18(17)4;2*1-11-7-8-12(2)13(10-11)14-6-4-5-9-15(14)3/h3*6-12H,1-5H3;5-10,12-13H,11H2,1-4H3;2*4-10H,1-3H3/q6*+1/i1D3,4D3,12D;1D3,12D;;1D3,2D3,13D;;. The molecule has 6 aromatic heterocycles. The topological polar surface area (TPSA) is 23.3 Å². The van der Waals surface area contributed by atoms with Gasteiger partial charge in [0.1, 0.15) is 42.3 Å². The van der Waals surface area contributed by atoms with Crippen LogP contribution in [0.3, 0.4) is 0 Å². The van der Waals surface area contributed by atoms with Crippen LogP contribution in [0, 0.1) is 82.0 Å². The molecule has 6 nitrogen and oxygen atoms in total. The maximum Gasteiger partial charge on any atom is 0.212 e. The van der Waals surface area contributed by atoms with Crippen molar-refractivity contribution in [1.82, 2.24) is 0 Å². The number of aromatic nitrogens is 6. The Balaban J connectivity index is 0.000000201. The SMILES string of the molecule is Cc1ccc(C)c(-c2cccc[n+]2C)c1.Cc1ccc(C)c(-c2cccc[n+]2C)c1.Cc1ccccc1-c1cc(C)c(C(C)C)c[n+]1C.[2H]C([2H])([2H])C([2H])(C)c1c[n+](C)c(-c2ccccc2C)cc1C.[2H]C([2H])([2H])C([2H])(Cc1ccc(-c2cccc[n+]2C)c(C)c1)C([2H])([2H])[2H].[2H]C([2H])([2H])c1c[n+](C)c(-c2ccccc2C)cc1C([2H])(C)C([2H])([2H])[2H]. The van der Waals surface area contributed by atoms with E-state index < -0.39 is 51.9 Å². The van der Waals surface area contributed by atoms with Crippen molar-refractivity contribution < 1.29 is 52.1 Å². The van der Waals surface area contributed by atoms with Gasteiger partial charge in [0, 0.05) is 129 Å². The number of hydrogen-bond acceptors (Lipinski definition) is 0. The lowest BCUT2D eigenvalue weighted by molar-refractivity contribution is -0.661. The molecule has 0 amide bonds. The van der Waals surface area contributed by atoms with Gasteiger partial charge in [-0.2, -0.15) is 0 Å². The molecule has 102 heavy (non-hydrogen) atoms. The Hall–Kier alpha value is -9.78. The number of pyridine rings is 6. The molecule has 2 atom stereocenters. The predicted molar refractivity (Wildman–Crippen MR) is 431 cm³/mol. The molecule has 12 rings (SSSR count). The molecule has 0 aliphatic carbocycles. The first-order valence-corrected chi connectivity index (χ1v) is 34.9. The zero-order valence-electron chi connectivity index (χ0n) is 82.0. The van der Waals surface area contributed by atoms with E-state index in [1.54, 1.807) is 29.9 Å². The minimum absolute atomic E-state index is 0.00357. The van der Waals surface area contributed by atoms with Crippen molar-refractivity contribution in [2.75, 3.05) is 0 Å². The lowest BCUT2D eigenvalue weighted by atomic mass is 9.96. The van der Waals surface area contributed by atoms with Gasteiger partial charge in [0.05, 0.1) is 0 Å². The van der Waals surface area contributed by atoms with Crippen molar-refractivity contribution >= 4 is 0 Å². The number of rotatable bonds is 11. The molecule has 0 saturated carbocycles. The summed E-state index contributed by atoms with van der Waals surface area (Å²) in [6.07, 6.45) is 11.2. The fraction of sp³-hybridized carbons (Fsp3) is 0.312. The second-order valence-corrected chi connectivity index (χ2v) is 27.3. The van der Waals surface area contributed by atoms with E-state index in [2.05, 4.69) is 225 Å². The first kappa shape index (κ1) is 56.8. The van der Waals surface area contributed by atoms with Crippen molar-refractivity contribution in [3.63, 3.8) is 0 Å². The second kappa shape index (κ2) is 37.2. The summed E-state index contributed by atoms with van der Waals surface area (Å²) in [7, 11) is 11.8. The van der Waals surface area contributed by atoms with Gasteiger partial charge in [-0.25, -0.2) is 27.4 Å². The average molecular weight is 1380 g/mol. The fourth-order valence-electron chi connectivity index (χ4n) is 12.6. The molecule has 0 saturated heterocycles. The smallest absolute Gasteiger partial charge is 0.201 e. The van der Waals surface area contributed by atoms with Gasteiger partial charge < -0.3 is 0 Å². The zero-order chi connectivity index (χ0) is 89.9. The quantitative estimate of drug-likeness (QED) is 0.115. The lowest BCUT2D eigenvalue weighted by Crippen LogP contribution is -2.32. The zero-order valence-corrected chi connectivity index (χ0v) is 64.0. The predicted octanol–water partition coefficient (Wildman–Crippen LogP) is 21.0. The highest BCUT2D eigenvalue weighted by Gasteiger charge is 2.21. The Morgan fingerprint density at radius 1 is 0.294 bits per heavy atom. The molecule has 12 aromatic rings. The maximum absolute atomic E-state index is 8.40. The molecule has 0 fully saturated rings. The van der Waals surface area contributed by atoms with Crippen LogP contribution >= 0.6 is 0 Å². The van der Waals surface area contributed by atoms with Gasteiger partial charge in [0.25, 0.3) is 0 Å². The summed E-state index contributed by atoms with van der Waals surface area (Å²) in [4.78, 5) is 0. The van der Waals surface area contributed by atoms with E-state index in [1.165, 1.54) is 98.8 Å². The van der Waals surface area contributed by atoms with Crippen LogP contribution in [0.2, 0.25) is 0 Å². The molecule has 0 aliphatic rings. The van der Waals surface area contributed by atoms with Crippen LogP contribution in [0.1, 0.15) is 181 Å². The number of benzene rings is 6. The normalized spacial score (nSPS) is 15.3. The van der Waals surface area contributed by atoms with Gasteiger partial charge in [0.15, 0.2) is 37.2 Å². The van der Waals surface area contributed by atoms with Crippen LogP contribution in [0.5, 0.6) is 0 Å². The Morgan fingerprint density at radius 3 is 1.07 bits per heavy atom. The highest BCUT2D eigenvalue weighted by Crippen LogP contribution is 2.30. The molecule has 2 unspecified atom stereocenters. The van der Waals surface area contributed by atoms with Gasteiger partial charge in [-0.3, -0.25) is 0 Å². The van der Waals surface area contributed by atoms with Crippen LogP contribution in [-0.2, 0) is 48.7 Å². The van der Waals surface area contributed by atoms with Crippen molar-refractivity contribution in [2.45, 2.75) is 155 Å². The maximum atomic E-state index is 8.40. The Kier molecular flexibility index (Phi) is 20.7. The molecule has 6 aromatic carbocycles. The molecule has 0 bridgehead atoms. The molecular weight excluding hydrogens is 1240 g/mol. The van der Waals surface area contributed by atoms with Crippen molar-refractivity contribution in [3.05, 3.63) is 321 Å².